The zero-order valence-corrected chi connectivity index (χ0v) is 18.0. The Hall–Kier alpha value is -2.45. The van der Waals surface area contributed by atoms with Crippen molar-refractivity contribution in [1.82, 2.24) is 20.6 Å². The van der Waals surface area contributed by atoms with Gasteiger partial charge in [-0.3, -0.25) is 0 Å². The number of nitrogens with zero attached hydrogens (tertiary/aromatic N) is 3. The number of methoxy groups -OCH3 is 1. The summed E-state index contributed by atoms with van der Waals surface area (Å²) in [6.07, 6.45) is 2.81. The minimum absolute atomic E-state index is 0.540. The van der Waals surface area contributed by atoms with Crippen LogP contribution in [0.2, 0.25) is 0 Å². The maximum absolute atomic E-state index is 5.21. The van der Waals surface area contributed by atoms with E-state index in [1.807, 2.05) is 30.5 Å². The molecule has 0 saturated heterocycles. The fourth-order valence-corrected chi connectivity index (χ4v) is 4.16. The Bertz CT molecular complexity index is 901. The summed E-state index contributed by atoms with van der Waals surface area (Å²) in [5, 5.41) is 10.8. The second kappa shape index (κ2) is 10.2. The molecule has 8 heteroatoms. The van der Waals surface area contributed by atoms with E-state index in [0.29, 0.717) is 6.54 Å². The summed E-state index contributed by atoms with van der Waals surface area (Å²) in [4.78, 5) is 15.0. The molecule has 0 aliphatic rings. The van der Waals surface area contributed by atoms with E-state index >= 15 is 0 Å². The van der Waals surface area contributed by atoms with E-state index in [2.05, 4.69) is 39.8 Å². The van der Waals surface area contributed by atoms with Crippen LogP contribution in [-0.2, 0) is 13.0 Å². The number of aryl methyl sites for hydroxylation is 1. The average Bonchev–Trinajstić information content (AvgIpc) is 3.35. The smallest absolute Gasteiger partial charge is 0.191 e. The lowest BCUT2D eigenvalue weighted by Crippen LogP contribution is -2.38. The fraction of sp³-hybridized carbons (Fsp3) is 0.350. The van der Waals surface area contributed by atoms with E-state index in [0.717, 1.165) is 52.5 Å². The number of aromatic nitrogens is 2. The maximum Gasteiger partial charge on any atom is 0.191 e. The molecule has 0 atom stereocenters. The van der Waals surface area contributed by atoms with E-state index in [1.165, 1.54) is 4.88 Å². The maximum atomic E-state index is 5.21. The summed E-state index contributed by atoms with van der Waals surface area (Å²) >= 11 is 3.37. The normalized spacial score (nSPS) is 11.5. The zero-order chi connectivity index (χ0) is 19.8. The third-order valence-corrected chi connectivity index (χ3v) is 5.85. The van der Waals surface area contributed by atoms with E-state index in [9.17, 15) is 0 Å². The Kier molecular flexibility index (Phi) is 7.39. The molecule has 3 rings (SSSR count). The molecule has 0 unspecified atom stereocenters. The lowest BCUT2D eigenvalue weighted by Gasteiger charge is -2.10. The second-order valence-corrected chi connectivity index (χ2v) is 8.29. The number of hydrogen-bond donors (Lipinski definition) is 2. The second-order valence-electron chi connectivity index (χ2n) is 6.11. The van der Waals surface area contributed by atoms with Crippen molar-refractivity contribution in [3.63, 3.8) is 0 Å². The predicted octanol–water partition coefficient (Wildman–Crippen LogP) is 3.88. The van der Waals surface area contributed by atoms with Gasteiger partial charge in [-0.1, -0.05) is 0 Å². The lowest BCUT2D eigenvalue weighted by molar-refractivity contribution is 0.415. The molecular weight excluding hydrogens is 390 g/mol. The molecule has 2 N–H and O–H groups in total. The first kappa shape index (κ1) is 20.3. The first-order valence-electron chi connectivity index (χ1n) is 9.20. The molecule has 6 nitrogen and oxygen atoms in total. The van der Waals surface area contributed by atoms with Gasteiger partial charge in [0.25, 0.3) is 0 Å². The molecule has 0 aliphatic carbocycles. The number of rotatable bonds is 8. The summed E-state index contributed by atoms with van der Waals surface area (Å²) in [5.74, 6) is 1.65. The van der Waals surface area contributed by atoms with Gasteiger partial charge in [0.15, 0.2) is 5.96 Å². The molecule has 148 valence electrons. The molecule has 2 aromatic heterocycles. The summed E-state index contributed by atoms with van der Waals surface area (Å²) in [7, 11) is 1.67. The Labute approximate surface area is 173 Å². The number of guanidine groups is 1. The zero-order valence-electron chi connectivity index (χ0n) is 16.4. The Morgan fingerprint density at radius 2 is 2.04 bits per heavy atom. The molecule has 0 aliphatic heterocycles. The average molecular weight is 416 g/mol. The van der Waals surface area contributed by atoms with Gasteiger partial charge >= 0.3 is 0 Å². The third kappa shape index (κ3) is 5.77. The van der Waals surface area contributed by atoms with Crippen molar-refractivity contribution in [2.24, 2.45) is 4.99 Å². The SMILES string of the molecule is CCNC(=NCc1csc(-c2ccc(OC)cc2)n1)NCCc1ncc(C)s1. The Balaban J connectivity index is 1.57. The van der Waals surface area contributed by atoms with E-state index in [1.54, 1.807) is 29.8 Å². The highest BCUT2D eigenvalue weighted by Gasteiger charge is 2.06. The van der Waals surface area contributed by atoms with Crippen molar-refractivity contribution in [3.8, 4) is 16.3 Å². The van der Waals surface area contributed by atoms with Crippen molar-refractivity contribution >= 4 is 28.6 Å². The number of benzene rings is 1. The van der Waals surface area contributed by atoms with Crippen LogP contribution in [0.1, 0.15) is 22.5 Å². The number of aliphatic imine (C=N–C) groups is 1. The molecule has 1 aromatic carbocycles. The topological polar surface area (TPSA) is 71.4 Å². The Morgan fingerprint density at radius 3 is 2.71 bits per heavy atom. The fourth-order valence-electron chi connectivity index (χ4n) is 2.55. The van der Waals surface area contributed by atoms with Gasteiger partial charge in [-0.2, -0.15) is 0 Å². The van der Waals surface area contributed by atoms with Gasteiger partial charge in [-0.05, 0) is 38.1 Å². The lowest BCUT2D eigenvalue weighted by atomic mass is 10.2. The van der Waals surface area contributed by atoms with Crippen molar-refractivity contribution in [2.45, 2.75) is 26.8 Å². The summed E-state index contributed by atoms with van der Waals surface area (Å²) in [6.45, 7) is 6.29. The standard InChI is InChI=1S/C20H25N5OS2/c1-4-21-20(22-10-9-18-23-11-14(2)28-18)24-12-16-13-27-19(25-16)15-5-7-17(26-3)8-6-15/h5-8,11,13H,4,9-10,12H2,1-3H3,(H2,21,22,24). The van der Waals surface area contributed by atoms with Crippen LogP contribution in [0.15, 0.2) is 40.8 Å². The highest BCUT2D eigenvalue weighted by molar-refractivity contribution is 7.13. The molecule has 0 amide bonds. The summed E-state index contributed by atoms with van der Waals surface area (Å²) < 4.78 is 5.21. The van der Waals surface area contributed by atoms with Gasteiger partial charge in [0.1, 0.15) is 10.8 Å². The highest BCUT2D eigenvalue weighted by atomic mass is 32.1. The molecule has 0 saturated carbocycles. The van der Waals surface area contributed by atoms with Crippen LogP contribution < -0.4 is 15.4 Å². The van der Waals surface area contributed by atoms with Crippen LogP contribution in [0.5, 0.6) is 5.75 Å². The molecule has 0 spiro atoms. The van der Waals surface area contributed by atoms with Crippen molar-refractivity contribution in [3.05, 3.63) is 51.4 Å². The monoisotopic (exact) mass is 415 g/mol. The van der Waals surface area contributed by atoms with E-state index in [4.69, 9.17) is 9.72 Å². The Morgan fingerprint density at radius 1 is 1.21 bits per heavy atom. The highest BCUT2D eigenvalue weighted by Crippen LogP contribution is 2.25. The van der Waals surface area contributed by atoms with Crippen molar-refractivity contribution < 1.29 is 4.74 Å². The minimum atomic E-state index is 0.540. The van der Waals surface area contributed by atoms with E-state index < -0.39 is 0 Å². The van der Waals surface area contributed by atoms with Crippen LogP contribution >= 0.6 is 22.7 Å². The van der Waals surface area contributed by atoms with Gasteiger partial charge in [0.05, 0.1) is 24.4 Å². The summed E-state index contributed by atoms with van der Waals surface area (Å²) in [6, 6.07) is 7.95. The van der Waals surface area contributed by atoms with Crippen LogP contribution in [0.25, 0.3) is 10.6 Å². The van der Waals surface area contributed by atoms with Crippen molar-refractivity contribution in [2.75, 3.05) is 20.2 Å². The van der Waals surface area contributed by atoms with Crippen LogP contribution in [0, 0.1) is 6.92 Å². The van der Waals surface area contributed by atoms with Gasteiger partial charge in [0.2, 0.25) is 0 Å². The quantitative estimate of drug-likeness (QED) is 0.431. The van der Waals surface area contributed by atoms with Crippen LogP contribution in [0.3, 0.4) is 0 Å². The molecule has 0 bridgehead atoms. The molecule has 0 fully saturated rings. The van der Waals surface area contributed by atoms with E-state index in [-0.39, 0.29) is 0 Å². The van der Waals surface area contributed by atoms with Crippen LogP contribution in [-0.4, -0.2) is 36.1 Å². The third-order valence-electron chi connectivity index (χ3n) is 3.93. The van der Waals surface area contributed by atoms with Crippen molar-refractivity contribution in [1.29, 1.82) is 0 Å². The predicted molar refractivity (Wildman–Crippen MR) is 117 cm³/mol. The molecule has 28 heavy (non-hydrogen) atoms. The first-order chi connectivity index (χ1) is 13.7. The molecular formula is C20H25N5OS2. The van der Waals surface area contributed by atoms with Crippen LogP contribution in [0.4, 0.5) is 0 Å². The summed E-state index contributed by atoms with van der Waals surface area (Å²) in [5.41, 5.74) is 2.05. The molecule has 2 heterocycles. The number of ether oxygens (including phenoxy) is 1. The minimum Gasteiger partial charge on any atom is -0.497 e. The van der Waals surface area contributed by atoms with Gasteiger partial charge < -0.3 is 15.4 Å². The molecule has 0 radical (unpaired) electrons. The number of thiazole rings is 2. The van der Waals surface area contributed by atoms with Gasteiger partial charge in [0, 0.05) is 41.5 Å². The first-order valence-corrected chi connectivity index (χ1v) is 10.9. The molecule has 3 aromatic rings. The largest absolute Gasteiger partial charge is 0.497 e. The van der Waals surface area contributed by atoms with Gasteiger partial charge in [-0.25, -0.2) is 15.0 Å². The number of nitrogens with one attached hydrogen (secondary N) is 2. The van der Waals surface area contributed by atoms with Gasteiger partial charge in [-0.15, -0.1) is 22.7 Å². The number of hydrogen-bond acceptors (Lipinski definition) is 6.